The number of hydrogen-bond acceptors (Lipinski definition) is 5. The molecule has 0 radical (unpaired) electrons. The van der Waals surface area contributed by atoms with E-state index in [1.54, 1.807) is 0 Å². The Kier molecular flexibility index (Phi) is 6.45. The van der Waals surface area contributed by atoms with Crippen molar-refractivity contribution >= 4 is 27.0 Å². The Balaban J connectivity index is 1.55. The second-order valence-electron chi connectivity index (χ2n) is 9.05. The number of benzene rings is 2. The van der Waals surface area contributed by atoms with Gasteiger partial charge in [0.1, 0.15) is 6.54 Å². The topological polar surface area (TPSA) is 102 Å². The SMILES string of the molecule is C[C@@H]1C[C@@H](C)CN(S(=O)(=O)c2ccc3c(c2)oc(=O)n3CC(=O)N[C@H](C)c2ccccc2)C1. The largest absolute Gasteiger partial charge is 0.420 e. The van der Waals surface area contributed by atoms with Crippen molar-refractivity contribution in [3.8, 4) is 0 Å². The highest BCUT2D eigenvalue weighted by molar-refractivity contribution is 7.89. The molecule has 9 heteroatoms. The number of amides is 1. The summed E-state index contributed by atoms with van der Waals surface area (Å²) in [5.74, 6) is -0.488. The van der Waals surface area contributed by atoms with E-state index in [1.165, 1.54) is 27.1 Å². The highest BCUT2D eigenvalue weighted by atomic mass is 32.2. The molecule has 8 nitrogen and oxygen atoms in total. The van der Waals surface area contributed by atoms with Crippen LogP contribution in [0.4, 0.5) is 0 Å². The number of carbonyl (C=O) groups excluding carboxylic acids is 1. The van der Waals surface area contributed by atoms with Gasteiger partial charge in [-0.2, -0.15) is 4.31 Å². The first-order valence-corrected chi connectivity index (χ1v) is 12.6. The van der Waals surface area contributed by atoms with Gasteiger partial charge in [-0.25, -0.2) is 13.2 Å². The molecule has 1 aliphatic rings. The molecular formula is C24H29N3O5S. The van der Waals surface area contributed by atoms with Gasteiger partial charge in [-0.1, -0.05) is 44.2 Å². The van der Waals surface area contributed by atoms with E-state index in [0.29, 0.717) is 18.6 Å². The lowest BCUT2D eigenvalue weighted by atomic mass is 9.94. The molecule has 1 amide bonds. The smallest absolute Gasteiger partial charge is 0.408 e. The Morgan fingerprint density at radius 3 is 2.45 bits per heavy atom. The maximum absolute atomic E-state index is 13.2. The zero-order valence-corrected chi connectivity index (χ0v) is 19.8. The minimum Gasteiger partial charge on any atom is -0.408 e. The van der Waals surface area contributed by atoms with E-state index >= 15 is 0 Å². The molecule has 0 spiro atoms. The van der Waals surface area contributed by atoms with Crippen LogP contribution in [0.15, 0.2) is 62.6 Å². The summed E-state index contributed by atoms with van der Waals surface area (Å²) in [6, 6.07) is 13.7. The third-order valence-corrected chi connectivity index (χ3v) is 7.92. The van der Waals surface area contributed by atoms with Crippen molar-refractivity contribution in [2.45, 2.75) is 44.7 Å². The van der Waals surface area contributed by atoms with Crippen LogP contribution in [0.5, 0.6) is 0 Å². The van der Waals surface area contributed by atoms with E-state index in [0.717, 1.165) is 12.0 Å². The molecule has 3 aromatic rings. The second-order valence-corrected chi connectivity index (χ2v) is 11.0. The van der Waals surface area contributed by atoms with Crippen LogP contribution in [0, 0.1) is 11.8 Å². The van der Waals surface area contributed by atoms with Crippen molar-refractivity contribution in [1.29, 1.82) is 0 Å². The minimum absolute atomic E-state index is 0.0827. The monoisotopic (exact) mass is 471 g/mol. The molecule has 1 fully saturated rings. The zero-order chi connectivity index (χ0) is 23.8. The van der Waals surface area contributed by atoms with Crippen LogP contribution < -0.4 is 11.1 Å². The van der Waals surface area contributed by atoms with E-state index in [-0.39, 0.29) is 40.8 Å². The lowest BCUT2D eigenvalue weighted by Crippen LogP contribution is -2.42. The molecule has 1 aromatic heterocycles. The molecule has 0 aliphatic carbocycles. The van der Waals surface area contributed by atoms with Crippen LogP contribution in [-0.4, -0.2) is 36.3 Å². The summed E-state index contributed by atoms with van der Waals surface area (Å²) in [7, 11) is -3.71. The summed E-state index contributed by atoms with van der Waals surface area (Å²) >= 11 is 0. The quantitative estimate of drug-likeness (QED) is 0.595. The van der Waals surface area contributed by atoms with Crippen molar-refractivity contribution in [3.63, 3.8) is 0 Å². The molecule has 3 atom stereocenters. The molecular weight excluding hydrogens is 442 g/mol. The lowest BCUT2D eigenvalue weighted by Gasteiger charge is -2.34. The highest BCUT2D eigenvalue weighted by Crippen LogP contribution is 2.28. The molecule has 1 saturated heterocycles. The number of hydrogen-bond donors (Lipinski definition) is 1. The third-order valence-electron chi connectivity index (χ3n) is 6.09. The summed E-state index contributed by atoms with van der Waals surface area (Å²) in [5.41, 5.74) is 1.47. The molecule has 2 aromatic carbocycles. The average Bonchev–Trinajstić information content (AvgIpc) is 3.07. The van der Waals surface area contributed by atoms with Gasteiger partial charge in [0.05, 0.1) is 16.5 Å². The van der Waals surface area contributed by atoms with Gasteiger partial charge >= 0.3 is 5.76 Å². The van der Waals surface area contributed by atoms with Gasteiger partial charge < -0.3 is 9.73 Å². The second kappa shape index (κ2) is 9.15. The number of rotatable bonds is 6. The van der Waals surface area contributed by atoms with Gasteiger partial charge in [0.2, 0.25) is 15.9 Å². The average molecular weight is 472 g/mol. The van der Waals surface area contributed by atoms with Crippen LogP contribution in [0.1, 0.15) is 38.8 Å². The summed E-state index contributed by atoms with van der Waals surface area (Å²) in [5, 5.41) is 2.87. The van der Waals surface area contributed by atoms with Gasteiger partial charge in [-0.3, -0.25) is 9.36 Å². The molecule has 176 valence electrons. The van der Waals surface area contributed by atoms with Crippen LogP contribution >= 0.6 is 0 Å². The minimum atomic E-state index is -3.71. The third kappa shape index (κ3) is 4.89. The van der Waals surface area contributed by atoms with E-state index in [2.05, 4.69) is 5.32 Å². The van der Waals surface area contributed by atoms with E-state index in [1.807, 2.05) is 51.1 Å². The van der Waals surface area contributed by atoms with E-state index in [4.69, 9.17) is 4.42 Å². The first-order valence-electron chi connectivity index (χ1n) is 11.1. The Bertz CT molecular complexity index is 1300. The predicted molar refractivity (Wildman–Crippen MR) is 125 cm³/mol. The molecule has 33 heavy (non-hydrogen) atoms. The van der Waals surface area contributed by atoms with E-state index < -0.39 is 15.8 Å². The first kappa shape index (κ1) is 23.3. The van der Waals surface area contributed by atoms with Gasteiger partial charge in [0, 0.05) is 19.2 Å². The normalized spacial score (nSPS) is 20.6. The molecule has 1 N–H and O–H groups in total. The summed E-state index contributed by atoms with van der Waals surface area (Å²) in [6.07, 6.45) is 0.994. The summed E-state index contributed by atoms with van der Waals surface area (Å²) in [6.45, 7) is 6.67. The Morgan fingerprint density at radius 1 is 1.12 bits per heavy atom. The van der Waals surface area contributed by atoms with Crippen LogP contribution in [0.25, 0.3) is 11.1 Å². The molecule has 1 aliphatic heterocycles. The number of fused-ring (bicyclic) bond motifs is 1. The Labute approximate surface area is 193 Å². The number of nitrogens with zero attached hydrogens (tertiary/aromatic N) is 2. The number of aromatic nitrogens is 1. The predicted octanol–water partition coefficient (Wildman–Crippen LogP) is 3.14. The summed E-state index contributed by atoms with van der Waals surface area (Å²) < 4.78 is 34.4. The Hall–Kier alpha value is -2.91. The number of sulfonamides is 1. The number of nitrogens with one attached hydrogen (secondary N) is 1. The van der Waals surface area contributed by atoms with Crippen molar-refractivity contribution in [2.75, 3.05) is 13.1 Å². The lowest BCUT2D eigenvalue weighted by molar-refractivity contribution is -0.122. The van der Waals surface area contributed by atoms with Crippen molar-refractivity contribution in [3.05, 3.63) is 64.6 Å². The first-order chi connectivity index (χ1) is 15.6. The molecule has 0 bridgehead atoms. The van der Waals surface area contributed by atoms with Gasteiger partial charge in [0.25, 0.3) is 0 Å². The fourth-order valence-corrected chi connectivity index (χ4v) is 6.26. The van der Waals surface area contributed by atoms with Crippen LogP contribution in [0.3, 0.4) is 0 Å². The van der Waals surface area contributed by atoms with Crippen molar-refractivity contribution in [2.24, 2.45) is 11.8 Å². The zero-order valence-electron chi connectivity index (χ0n) is 19.0. The number of piperidine rings is 1. The van der Waals surface area contributed by atoms with Crippen LogP contribution in [0.2, 0.25) is 0 Å². The van der Waals surface area contributed by atoms with E-state index in [9.17, 15) is 18.0 Å². The fraction of sp³-hybridized carbons (Fsp3) is 0.417. The molecule has 0 saturated carbocycles. The van der Waals surface area contributed by atoms with Gasteiger partial charge in [0.15, 0.2) is 5.58 Å². The highest BCUT2D eigenvalue weighted by Gasteiger charge is 2.32. The van der Waals surface area contributed by atoms with Crippen molar-refractivity contribution in [1.82, 2.24) is 14.2 Å². The standard InChI is InChI=1S/C24H29N3O5S/c1-16-11-17(2)14-26(13-16)33(30,31)20-9-10-21-22(12-20)32-24(29)27(21)15-23(28)25-18(3)19-7-5-4-6-8-19/h4-10,12,16-18H,11,13-15H2,1-3H3,(H,25,28)/t16-,17-,18-/m1/s1. The van der Waals surface area contributed by atoms with Crippen molar-refractivity contribution < 1.29 is 17.6 Å². The van der Waals surface area contributed by atoms with Crippen LogP contribution in [-0.2, 0) is 21.4 Å². The van der Waals surface area contributed by atoms with Gasteiger partial charge in [-0.05, 0) is 42.9 Å². The fourth-order valence-electron chi connectivity index (χ4n) is 4.56. The molecule has 0 unspecified atom stereocenters. The Morgan fingerprint density at radius 2 is 1.79 bits per heavy atom. The molecule has 2 heterocycles. The maximum Gasteiger partial charge on any atom is 0.420 e. The molecule has 4 rings (SSSR count). The summed E-state index contributed by atoms with van der Waals surface area (Å²) in [4.78, 5) is 25.1. The number of carbonyl (C=O) groups is 1. The number of oxazole rings is 1. The van der Waals surface area contributed by atoms with Gasteiger partial charge in [-0.15, -0.1) is 0 Å². The maximum atomic E-state index is 13.2.